The Balaban J connectivity index is 2.15. The van der Waals surface area contributed by atoms with Gasteiger partial charge in [-0.15, -0.1) is 0 Å². The van der Waals surface area contributed by atoms with Crippen LogP contribution in [0.5, 0.6) is 0 Å². The summed E-state index contributed by atoms with van der Waals surface area (Å²) in [6.07, 6.45) is 1.30. The average Bonchev–Trinajstić information content (AvgIpc) is 2.55. The highest BCUT2D eigenvalue weighted by Crippen LogP contribution is 2.25. The molecule has 7 heteroatoms. The van der Waals surface area contributed by atoms with Crippen LogP contribution in [0.15, 0.2) is 48.2 Å². The molecule has 2 rings (SSSR count). The second-order valence-electron chi connectivity index (χ2n) is 4.81. The van der Waals surface area contributed by atoms with E-state index < -0.39 is 5.91 Å². The summed E-state index contributed by atoms with van der Waals surface area (Å²) in [6, 6.07) is 11.9. The van der Waals surface area contributed by atoms with Gasteiger partial charge < -0.3 is 10.6 Å². The van der Waals surface area contributed by atoms with Crippen molar-refractivity contribution in [3.63, 3.8) is 0 Å². The van der Waals surface area contributed by atoms with E-state index in [-0.39, 0.29) is 5.57 Å². The molecule has 0 aliphatic rings. The van der Waals surface area contributed by atoms with Crippen molar-refractivity contribution >= 4 is 52.1 Å². The first-order chi connectivity index (χ1) is 11.4. The molecule has 0 spiro atoms. The maximum atomic E-state index is 12.2. The van der Waals surface area contributed by atoms with Crippen molar-refractivity contribution < 1.29 is 4.79 Å². The van der Waals surface area contributed by atoms with Crippen LogP contribution in [0.4, 0.5) is 11.4 Å². The van der Waals surface area contributed by atoms with Crippen molar-refractivity contribution in [1.82, 2.24) is 0 Å². The fraction of sp³-hybridized carbons (Fsp3) is 0.0588. The Hall–Kier alpha value is -2.19. The van der Waals surface area contributed by atoms with Crippen LogP contribution in [0.3, 0.4) is 0 Å². The summed E-state index contributed by atoms with van der Waals surface area (Å²) in [7, 11) is 0. The lowest BCUT2D eigenvalue weighted by atomic mass is 10.2. The van der Waals surface area contributed by atoms with Crippen LogP contribution in [0, 0.1) is 18.3 Å². The molecule has 122 valence electrons. The van der Waals surface area contributed by atoms with Gasteiger partial charge in [0.1, 0.15) is 11.6 Å². The minimum Gasteiger partial charge on any atom is -0.360 e. The number of carbonyl (C=O) groups is 1. The maximum Gasteiger partial charge on any atom is 0.267 e. The second-order valence-corrected chi connectivity index (χ2v) is 6.03. The molecule has 2 aromatic carbocycles. The number of nitrogens with one attached hydrogen (secondary N) is 2. The zero-order chi connectivity index (χ0) is 17.7. The lowest BCUT2D eigenvalue weighted by molar-refractivity contribution is -0.112. The standard InChI is InChI=1S/C17H12Cl3N3O/c1-10-13(18)3-2-4-16(10)23-17(24)11(8-21)9-22-12-5-6-14(19)15(20)7-12/h2-7,9,22H,1H3,(H,23,24)/b11-9-. The molecule has 0 aliphatic heterocycles. The first-order valence-corrected chi connectivity index (χ1v) is 7.94. The number of anilines is 2. The van der Waals surface area contributed by atoms with E-state index in [2.05, 4.69) is 10.6 Å². The smallest absolute Gasteiger partial charge is 0.267 e. The number of benzene rings is 2. The minimum absolute atomic E-state index is 0.0968. The largest absolute Gasteiger partial charge is 0.360 e. The predicted octanol–water partition coefficient (Wildman–Crippen LogP) is 5.41. The molecule has 1 amide bonds. The number of halogens is 3. The Morgan fingerprint density at radius 1 is 1.12 bits per heavy atom. The lowest BCUT2D eigenvalue weighted by Gasteiger charge is -2.09. The van der Waals surface area contributed by atoms with Gasteiger partial charge in [-0.05, 0) is 42.8 Å². The Labute approximate surface area is 154 Å². The number of hydrogen-bond donors (Lipinski definition) is 2. The van der Waals surface area contributed by atoms with Crippen LogP contribution in [0.1, 0.15) is 5.56 Å². The van der Waals surface area contributed by atoms with E-state index in [1.54, 1.807) is 43.3 Å². The average molecular weight is 381 g/mol. The Morgan fingerprint density at radius 3 is 2.54 bits per heavy atom. The van der Waals surface area contributed by atoms with Crippen molar-refractivity contribution in [2.45, 2.75) is 6.92 Å². The SMILES string of the molecule is Cc1c(Cl)cccc1NC(=O)/C(C#N)=C\Nc1ccc(Cl)c(Cl)c1. The maximum absolute atomic E-state index is 12.2. The highest BCUT2D eigenvalue weighted by molar-refractivity contribution is 6.42. The third-order valence-corrected chi connectivity index (χ3v) is 4.33. The summed E-state index contributed by atoms with van der Waals surface area (Å²) in [6.45, 7) is 1.78. The Morgan fingerprint density at radius 2 is 1.88 bits per heavy atom. The fourth-order valence-electron chi connectivity index (χ4n) is 1.82. The summed E-state index contributed by atoms with van der Waals surface area (Å²) < 4.78 is 0. The van der Waals surface area contributed by atoms with Gasteiger partial charge in [-0.3, -0.25) is 4.79 Å². The Bertz CT molecular complexity index is 857. The summed E-state index contributed by atoms with van der Waals surface area (Å²) in [5, 5.41) is 16.0. The van der Waals surface area contributed by atoms with Gasteiger partial charge in [0.25, 0.3) is 5.91 Å². The third kappa shape index (κ3) is 4.42. The molecule has 0 bridgehead atoms. The second kappa shape index (κ2) is 8.07. The molecule has 0 aliphatic carbocycles. The number of amides is 1. The molecule has 2 N–H and O–H groups in total. The molecule has 0 saturated carbocycles. The highest BCUT2D eigenvalue weighted by atomic mass is 35.5. The van der Waals surface area contributed by atoms with Gasteiger partial charge >= 0.3 is 0 Å². The number of rotatable bonds is 4. The number of carbonyl (C=O) groups excluding carboxylic acids is 1. The van der Waals surface area contributed by atoms with E-state index in [1.807, 2.05) is 6.07 Å². The van der Waals surface area contributed by atoms with Gasteiger partial charge in [-0.1, -0.05) is 40.9 Å². The van der Waals surface area contributed by atoms with Crippen molar-refractivity contribution in [2.75, 3.05) is 10.6 Å². The number of nitrogens with zero attached hydrogens (tertiary/aromatic N) is 1. The molecule has 24 heavy (non-hydrogen) atoms. The lowest BCUT2D eigenvalue weighted by Crippen LogP contribution is -2.15. The van der Waals surface area contributed by atoms with Gasteiger partial charge in [-0.2, -0.15) is 5.26 Å². The van der Waals surface area contributed by atoms with E-state index >= 15 is 0 Å². The molecule has 0 atom stereocenters. The predicted molar refractivity (Wildman–Crippen MR) is 98.6 cm³/mol. The van der Waals surface area contributed by atoms with Gasteiger partial charge in [-0.25, -0.2) is 0 Å². The van der Waals surface area contributed by atoms with E-state index in [9.17, 15) is 10.1 Å². The first-order valence-electron chi connectivity index (χ1n) is 6.80. The number of nitriles is 1. The van der Waals surface area contributed by atoms with Crippen LogP contribution < -0.4 is 10.6 Å². The van der Waals surface area contributed by atoms with Gasteiger partial charge in [0, 0.05) is 22.6 Å². The van der Waals surface area contributed by atoms with Gasteiger partial charge in [0.05, 0.1) is 10.0 Å². The summed E-state index contributed by atoms with van der Waals surface area (Å²) in [5.41, 5.74) is 1.77. The van der Waals surface area contributed by atoms with Crippen LogP contribution >= 0.6 is 34.8 Å². The molecule has 0 unspecified atom stereocenters. The summed E-state index contributed by atoms with van der Waals surface area (Å²) in [5.74, 6) is -0.546. The van der Waals surface area contributed by atoms with Crippen LogP contribution in [-0.4, -0.2) is 5.91 Å². The van der Waals surface area contributed by atoms with Crippen molar-refractivity contribution in [1.29, 1.82) is 5.26 Å². The molecular weight excluding hydrogens is 369 g/mol. The topological polar surface area (TPSA) is 64.9 Å². The first kappa shape index (κ1) is 18.2. The van der Waals surface area contributed by atoms with E-state index in [1.165, 1.54) is 6.20 Å². The van der Waals surface area contributed by atoms with Gasteiger partial charge in [0.15, 0.2) is 0 Å². The molecule has 0 fully saturated rings. The molecule has 0 radical (unpaired) electrons. The van der Waals surface area contributed by atoms with Crippen molar-refractivity contribution in [3.8, 4) is 6.07 Å². The van der Waals surface area contributed by atoms with Crippen LogP contribution in [-0.2, 0) is 4.79 Å². The molecule has 0 heterocycles. The van der Waals surface area contributed by atoms with Crippen molar-refractivity contribution in [3.05, 3.63) is 68.8 Å². The highest BCUT2D eigenvalue weighted by Gasteiger charge is 2.11. The van der Waals surface area contributed by atoms with Crippen LogP contribution in [0.2, 0.25) is 15.1 Å². The number of hydrogen-bond acceptors (Lipinski definition) is 3. The molecule has 0 saturated heterocycles. The van der Waals surface area contributed by atoms with Crippen LogP contribution in [0.25, 0.3) is 0 Å². The fourth-order valence-corrected chi connectivity index (χ4v) is 2.30. The molecular formula is C17H12Cl3N3O. The minimum atomic E-state index is -0.546. The normalized spacial score (nSPS) is 10.9. The third-order valence-electron chi connectivity index (χ3n) is 3.18. The monoisotopic (exact) mass is 379 g/mol. The van der Waals surface area contributed by atoms with E-state index in [4.69, 9.17) is 34.8 Å². The van der Waals surface area contributed by atoms with E-state index in [0.29, 0.717) is 26.4 Å². The zero-order valence-corrected chi connectivity index (χ0v) is 14.8. The molecule has 0 aromatic heterocycles. The Kier molecular flexibility index (Phi) is 6.10. The quantitative estimate of drug-likeness (QED) is 0.550. The van der Waals surface area contributed by atoms with Crippen molar-refractivity contribution in [2.24, 2.45) is 0 Å². The zero-order valence-electron chi connectivity index (χ0n) is 12.5. The molecule has 4 nitrogen and oxygen atoms in total. The van der Waals surface area contributed by atoms with Gasteiger partial charge in [0.2, 0.25) is 0 Å². The molecule has 2 aromatic rings. The summed E-state index contributed by atoms with van der Waals surface area (Å²) in [4.78, 5) is 12.2. The summed E-state index contributed by atoms with van der Waals surface area (Å²) >= 11 is 17.8. The van der Waals surface area contributed by atoms with E-state index in [0.717, 1.165) is 5.56 Å².